The second-order valence-corrected chi connectivity index (χ2v) is 11.9. The summed E-state index contributed by atoms with van der Waals surface area (Å²) in [6, 6.07) is 24.7. The number of rotatable bonds is 11. The van der Waals surface area contributed by atoms with Gasteiger partial charge in [-0.25, -0.2) is 14.8 Å². The first-order valence-electron chi connectivity index (χ1n) is 15.0. The number of ether oxygens (including phenoxy) is 4. The van der Waals surface area contributed by atoms with Gasteiger partial charge in [-0.1, -0.05) is 66.7 Å². The van der Waals surface area contributed by atoms with E-state index in [0.29, 0.717) is 57.5 Å². The molecule has 0 radical (unpaired) electrons. The van der Waals surface area contributed by atoms with E-state index in [-0.39, 0.29) is 18.1 Å². The van der Waals surface area contributed by atoms with E-state index in [1.807, 2.05) is 51.1 Å². The number of benzene rings is 3. The second kappa shape index (κ2) is 14.4. The Balaban J connectivity index is 1.18. The van der Waals surface area contributed by atoms with Gasteiger partial charge in [0.05, 0.1) is 51.5 Å². The van der Waals surface area contributed by atoms with E-state index in [4.69, 9.17) is 18.9 Å². The van der Waals surface area contributed by atoms with Crippen LogP contribution in [-0.4, -0.2) is 59.0 Å². The van der Waals surface area contributed by atoms with Gasteiger partial charge in [0.25, 0.3) is 0 Å². The van der Waals surface area contributed by atoms with Gasteiger partial charge in [-0.3, -0.25) is 0 Å². The second-order valence-electron chi connectivity index (χ2n) is 11.9. The lowest BCUT2D eigenvalue weighted by molar-refractivity contribution is -0.0373. The first kappa shape index (κ1) is 30.4. The van der Waals surface area contributed by atoms with Crippen LogP contribution in [0.4, 0.5) is 4.79 Å². The Kier molecular flexibility index (Phi) is 10.2. The molecule has 2 unspecified atom stereocenters. The Hall–Kier alpha value is -4.01. The molecule has 1 aliphatic rings. The highest BCUT2D eigenvalue weighted by molar-refractivity contribution is 5.82. The smallest absolute Gasteiger partial charge is 0.410 e. The molecule has 4 aromatic rings. The molecule has 0 saturated carbocycles. The molecule has 5 rings (SSSR count). The van der Waals surface area contributed by atoms with Gasteiger partial charge in [0, 0.05) is 18.9 Å². The van der Waals surface area contributed by atoms with Gasteiger partial charge in [0.15, 0.2) is 5.75 Å². The van der Waals surface area contributed by atoms with Gasteiger partial charge in [-0.05, 0) is 55.2 Å². The van der Waals surface area contributed by atoms with Crippen LogP contribution in [0.2, 0.25) is 0 Å². The minimum absolute atomic E-state index is 0.0698. The normalized spacial score (nSPS) is 17.1. The van der Waals surface area contributed by atoms with Gasteiger partial charge < -0.3 is 23.8 Å². The van der Waals surface area contributed by atoms with Crippen LogP contribution < -0.4 is 4.74 Å². The summed E-state index contributed by atoms with van der Waals surface area (Å²) < 4.78 is 23.7. The first-order valence-corrected chi connectivity index (χ1v) is 15.0. The van der Waals surface area contributed by atoms with E-state index in [2.05, 4.69) is 52.4 Å². The molecule has 0 spiro atoms. The number of nitrogens with zero attached hydrogens (tertiary/aromatic N) is 3. The molecule has 226 valence electrons. The van der Waals surface area contributed by atoms with Crippen molar-refractivity contribution in [2.45, 2.75) is 64.4 Å². The van der Waals surface area contributed by atoms with Crippen molar-refractivity contribution in [3.63, 3.8) is 0 Å². The van der Waals surface area contributed by atoms with Crippen molar-refractivity contribution >= 4 is 16.9 Å². The summed E-state index contributed by atoms with van der Waals surface area (Å²) >= 11 is 0. The highest BCUT2D eigenvalue weighted by atomic mass is 16.6. The average molecular weight is 584 g/mol. The maximum Gasteiger partial charge on any atom is 0.410 e. The Morgan fingerprint density at radius 1 is 0.884 bits per heavy atom. The molecule has 1 fully saturated rings. The molecule has 1 aliphatic heterocycles. The van der Waals surface area contributed by atoms with Crippen LogP contribution in [-0.2, 0) is 27.4 Å². The van der Waals surface area contributed by atoms with E-state index in [0.717, 1.165) is 17.5 Å². The number of amides is 1. The van der Waals surface area contributed by atoms with Gasteiger partial charge in [-0.2, -0.15) is 0 Å². The SMILES string of the molecule is CC(C)(C)OC(=O)N1CCC(c2ncc(OCCCOCc3ccccc3)cn2)C(OCc2ccc3ccccc3c2)C1. The summed E-state index contributed by atoms with van der Waals surface area (Å²) in [6.07, 6.45) is 4.24. The molecule has 1 aromatic heterocycles. The van der Waals surface area contributed by atoms with E-state index in [1.165, 1.54) is 10.8 Å². The van der Waals surface area contributed by atoms with Crippen molar-refractivity contribution in [3.8, 4) is 5.75 Å². The lowest BCUT2D eigenvalue weighted by atomic mass is 9.92. The molecular formula is C35H41N3O5. The summed E-state index contributed by atoms with van der Waals surface area (Å²) in [7, 11) is 0. The zero-order valence-corrected chi connectivity index (χ0v) is 25.3. The number of likely N-dealkylation sites (tertiary alicyclic amines) is 1. The summed E-state index contributed by atoms with van der Waals surface area (Å²) in [4.78, 5) is 23.9. The number of carbonyl (C=O) groups excluding carboxylic acids is 1. The van der Waals surface area contributed by atoms with Crippen LogP contribution in [0.3, 0.4) is 0 Å². The summed E-state index contributed by atoms with van der Waals surface area (Å²) in [5, 5.41) is 2.36. The maximum atomic E-state index is 12.9. The fraction of sp³-hybridized carbons (Fsp3) is 0.400. The van der Waals surface area contributed by atoms with Crippen LogP contribution in [0.5, 0.6) is 5.75 Å². The summed E-state index contributed by atoms with van der Waals surface area (Å²) in [6.45, 7) is 8.71. The van der Waals surface area contributed by atoms with Gasteiger partial charge in [0.2, 0.25) is 0 Å². The van der Waals surface area contributed by atoms with E-state index in [9.17, 15) is 4.79 Å². The molecule has 0 aliphatic carbocycles. The topological polar surface area (TPSA) is 83.0 Å². The number of aromatic nitrogens is 2. The van der Waals surface area contributed by atoms with Crippen molar-refractivity contribution in [2.75, 3.05) is 26.3 Å². The largest absolute Gasteiger partial charge is 0.490 e. The third-order valence-corrected chi connectivity index (χ3v) is 7.28. The molecule has 2 heterocycles. The third-order valence-electron chi connectivity index (χ3n) is 7.28. The zero-order valence-electron chi connectivity index (χ0n) is 25.3. The van der Waals surface area contributed by atoms with E-state index < -0.39 is 5.60 Å². The van der Waals surface area contributed by atoms with Crippen LogP contribution in [0.25, 0.3) is 10.8 Å². The molecule has 2 atom stereocenters. The van der Waals surface area contributed by atoms with Gasteiger partial charge in [-0.15, -0.1) is 0 Å². The summed E-state index contributed by atoms with van der Waals surface area (Å²) in [5.41, 5.74) is 1.66. The molecule has 1 saturated heterocycles. The Morgan fingerprint density at radius 2 is 1.63 bits per heavy atom. The predicted molar refractivity (Wildman–Crippen MR) is 166 cm³/mol. The molecular weight excluding hydrogens is 542 g/mol. The van der Waals surface area contributed by atoms with Crippen molar-refractivity contribution in [1.29, 1.82) is 0 Å². The van der Waals surface area contributed by atoms with Crippen LogP contribution >= 0.6 is 0 Å². The molecule has 8 nitrogen and oxygen atoms in total. The maximum absolute atomic E-state index is 12.9. The van der Waals surface area contributed by atoms with Crippen molar-refractivity contribution in [3.05, 3.63) is 102 Å². The van der Waals surface area contributed by atoms with Gasteiger partial charge >= 0.3 is 6.09 Å². The fourth-order valence-corrected chi connectivity index (χ4v) is 5.11. The lowest BCUT2D eigenvalue weighted by Gasteiger charge is -2.38. The Morgan fingerprint density at radius 3 is 2.40 bits per heavy atom. The molecule has 0 bridgehead atoms. The molecule has 8 heteroatoms. The third kappa shape index (κ3) is 8.99. The molecule has 1 amide bonds. The summed E-state index contributed by atoms with van der Waals surface area (Å²) in [5.74, 6) is 1.23. The molecule has 3 aromatic carbocycles. The number of piperidine rings is 1. The van der Waals surface area contributed by atoms with Crippen LogP contribution in [0, 0.1) is 0 Å². The van der Waals surface area contributed by atoms with E-state index in [1.54, 1.807) is 17.3 Å². The van der Waals surface area contributed by atoms with Crippen LogP contribution in [0.1, 0.15) is 56.5 Å². The zero-order chi connectivity index (χ0) is 30.1. The lowest BCUT2D eigenvalue weighted by Crippen LogP contribution is -2.48. The van der Waals surface area contributed by atoms with Crippen molar-refractivity contribution in [2.24, 2.45) is 0 Å². The quantitative estimate of drug-likeness (QED) is 0.177. The fourth-order valence-electron chi connectivity index (χ4n) is 5.11. The van der Waals surface area contributed by atoms with Crippen molar-refractivity contribution < 1.29 is 23.7 Å². The average Bonchev–Trinajstić information content (AvgIpc) is 3.01. The number of hydrogen-bond acceptors (Lipinski definition) is 7. The van der Waals surface area contributed by atoms with Gasteiger partial charge in [0.1, 0.15) is 11.4 Å². The number of hydrogen-bond donors (Lipinski definition) is 0. The standard InChI is InChI=1S/C35H41N3O5/c1-35(2,3)43-34(39)38-17-16-31(32(23-38)42-25-27-14-15-28-12-7-8-13-29(28)20-27)33-36-21-30(22-37-33)41-19-9-18-40-24-26-10-5-4-6-11-26/h4-8,10-15,20-22,31-32H,9,16-19,23-25H2,1-3H3. The Bertz CT molecular complexity index is 1460. The molecule has 0 N–H and O–H groups in total. The first-order chi connectivity index (χ1) is 20.8. The Labute approximate surface area is 254 Å². The van der Waals surface area contributed by atoms with Crippen molar-refractivity contribution in [1.82, 2.24) is 14.9 Å². The highest BCUT2D eigenvalue weighted by Crippen LogP contribution is 2.31. The van der Waals surface area contributed by atoms with Crippen LogP contribution in [0.15, 0.2) is 85.2 Å². The number of carbonyl (C=O) groups is 1. The van der Waals surface area contributed by atoms with E-state index >= 15 is 0 Å². The number of fused-ring (bicyclic) bond motifs is 1. The minimum Gasteiger partial charge on any atom is -0.490 e. The predicted octanol–water partition coefficient (Wildman–Crippen LogP) is 6.93. The monoisotopic (exact) mass is 583 g/mol. The highest BCUT2D eigenvalue weighted by Gasteiger charge is 2.36. The minimum atomic E-state index is -0.567. The molecule has 43 heavy (non-hydrogen) atoms.